The van der Waals surface area contributed by atoms with Crippen molar-refractivity contribution in [2.24, 2.45) is 0 Å². The second kappa shape index (κ2) is 5.65. The van der Waals surface area contributed by atoms with Crippen molar-refractivity contribution < 1.29 is 9.85 Å². The van der Waals surface area contributed by atoms with Gasteiger partial charge in [0, 0.05) is 12.5 Å². The van der Waals surface area contributed by atoms with Crippen molar-refractivity contribution >= 4 is 23.1 Å². The van der Waals surface area contributed by atoms with Gasteiger partial charge in [-0.2, -0.15) is 0 Å². The number of nitrogens with one attached hydrogen (secondary N) is 1. The van der Waals surface area contributed by atoms with Crippen molar-refractivity contribution in [3.63, 3.8) is 0 Å². The van der Waals surface area contributed by atoms with E-state index in [4.69, 9.17) is 0 Å². The molecule has 1 aromatic heterocycles. The van der Waals surface area contributed by atoms with Crippen molar-refractivity contribution in [1.29, 1.82) is 0 Å². The molecule has 20 heavy (non-hydrogen) atoms. The molecule has 0 fully saturated rings. The summed E-state index contributed by atoms with van der Waals surface area (Å²) >= 11 is 0.981. The number of aryl methyl sites for hydroxylation is 1. The molecule has 0 saturated heterocycles. The number of H-pyrrole nitrogens is 1. The molecular weight excluding hydrogens is 286 g/mol. The highest BCUT2D eigenvalue weighted by Gasteiger charge is 2.21. The van der Waals surface area contributed by atoms with Gasteiger partial charge >= 0.3 is 0 Å². The summed E-state index contributed by atoms with van der Waals surface area (Å²) in [4.78, 5) is 24.6. The number of nitro groups is 2. The maximum atomic E-state index is 11.0. The monoisotopic (exact) mass is 295 g/mol. The van der Waals surface area contributed by atoms with Gasteiger partial charge in [-0.15, -0.1) is 5.10 Å². The van der Waals surface area contributed by atoms with Crippen molar-refractivity contribution in [3.05, 3.63) is 44.3 Å². The van der Waals surface area contributed by atoms with Crippen LogP contribution < -0.4 is 0 Å². The number of hydrogen-bond acceptors (Lipinski definition) is 7. The van der Waals surface area contributed by atoms with E-state index in [0.29, 0.717) is 17.4 Å². The smallest absolute Gasteiger partial charge is 0.262 e. The summed E-state index contributed by atoms with van der Waals surface area (Å²) in [6.07, 6.45) is 0.663. The number of aromatic amines is 1. The highest BCUT2D eigenvalue weighted by molar-refractivity contribution is 7.99. The van der Waals surface area contributed by atoms with E-state index in [0.717, 1.165) is 17.8 Å². The molecular formula is C10H9N5O4S. The minimum Gasteiger partial charge on any atom is -0.262 e. The third-order valence-corrected chi connectivity index (χ3v) is 3.33. The Morgan fingerprint density at radius 2 is 2.05 bits per heavy atom. The van der Waals surface area contributed by atoms with Crippen LogP contribution in [0.5, 0.6) is 0 Å². The Morgan fingerprint density at radius 3 is 2.60 bits per heavy atom. The van der Waals surface area contributed by atoms with Crippen LogP contribution in [0.1, 0.15) is 12.7 Å². The zero-order chi connectivity index (χ0) is 14.7. The van der Waals surface area contributed by atoms with Crippen LogP contribution in [0, 0.1) is 20.2 Å². The molecule has 2 rings (SSSR count). The average Bonchev–Trinajstić information content (AvgIpc) is 2.86. The van der Waals surface area contributed by atoms with E-state index in [9.17, 15) is 20.2 Å². The molecule has 2 aromatic rings. The lowest BCUT2D eigenvalue weighted by Crippen LogP contribution is -1.94. The van der Waals surface area contributed by atoms with Gasteiger partial charge in [-0.3, -0.25) is 25.3 Å². The summed E-state index contributed by atoms with van der Waals surface area (Å²) in [5, 5.41) is 28.5. The number of non-ortho nitro benzene ring substituents is 1. The average molecular weight is 295 g/mol. The topological polar surface area (TPSA) is 128 Å². The van der Waals surface area contributed by atoms with Gasteiger partial charge in [0.2, 0.25) is 5.16 Å². The summed E-state index contributed by atoms with van der Waals surface area (Å²) in [6, 6.07) is 3.46. The van der Waals surface area contributed by atoms with Gasteiger partial charge in [0.25, 0.3) is 11.4 Å². The SMILES string of the molecule is CCc1nc(Sc2ccc([N+](=O)[O-])cc2[N+](=O)[O-])n[nH]1. The fraction of sp³-hybridized carbons (Fsp3) is 0.200. The van der Waals surface area contributed by atoms with E-state index in [-0.39, 0.29) is 16.3 Å². The van der Waals surface area contributed by atoms with Gasteiger partial charge in [0.15, 0.2) is 0 Å². The maximum Gasteiger partial charge on any atom is 0.290 e. The highest BCUT2D eigenvalue weighted by Crippen LogP contribution is 2.35. The summed E-state index contributed by atoms with van der Waals surface area (Å²) < 4.78 is 0. The molecule has 0 unspecified atom stereocenters. The van der Waals surface area contributed by atoms with Gasteiger partial charge in [0.1, 0.15) is 5.82 Å². The van der Waals surface area contributed by atoms with Crippen molar-refractivity contribution in [2.45, 2.75) is 23.4 Å². The molecule has 0 radical (unpaired) electrons. The number of nitro benzene ring substituents is 2. The minimum absolute atomic E-state index is 0.252. The first-order chi connectivity index (χ1) is 9.51. The first-order valence-electron chi connectivity index (χ1n) is 5.53. The molecule has 0 atom stereocenters. The molecule has 0 amide bonds. The Hall–Kier alpha value is -2.49. The van der Waals surface area contributed by atoms with Crippen molar-refractivity contribution in [3.8, 4) is 0 Å². The van der Waals surface area contributed by atoms with Crippen LogP contribution in [0.4, 0.5) is 11.4 Å². The molecule has 10 heteroatoms. The lowest BCUT2D eigenvalue weighted by Gasteiger charge is -1.99. The minimum atomic E-state index is -0.677. The van der Waals surface area contributed by atoms with Gasteiger partial charge < -0.3 is 0 Å². The zero-order valence-electron chi connectivity index (χ0n) is 10.3. The summed E-state index contributed by atoms with van der Waals surface area (Å²) in [5.41, 5.74) is -0.669. The fourth-order valence-electron chi connectivity index (χ4n) is 1.43. The Balaban J connectivity index is 2.35. The molecule has 0 aliphatic carbocycles. The second-order valence-electron chi connectivity index (χ2n) is 3.69. The van der Waals surface area contributed by atoms with E-state index in [1.54, 1.807) is 0 Å². The zero-order valence-corrected chi connectivity index (χ0v) is 11.1. The van der Waals surface area contributed by atoms with E-state index < -0.39 is 9.85 Å². The molecule has 1 heterocycles. The molecule has 0 aliphatic heterocycles. The fourth-order valence-corrected chi connectivity index (χ4v) is 2.25. The normalized spacial score (nSPS) is 10.4. The summed E-state index contributed by atoms with van der Waals surface area (Å²) in [5.74, 6) is 0.664. The van der Waals surface area contributed by atoms with E-state index in [1.165, 1.54) is 12.1 Å². The Morgan fingerprint density at radius 1 is 1.30 bits per heavy atom. The van der Waals surface area contributed by atoms with Crippen LogP contribution in [0.2, 0.25) is 0 Å². The van der Waals surface area contributed by atoms with Gasteiger partial charge in [0.05, 0.1) is 20.8 Å². The lowest BCUT2D eigenvalue weighted by molar-refractivity contribution is -0.396. The number of hydrogen-bond donors (Lipinski definition) is 1. The largest absolute Gasteiger partial charge is 0.290 e. The number of benzene rings is 1. The van der Waals surface area contributed by atoms with Crippen LogP contribution in [0.25, 0.3) is 0 Å². The third-order valence-electron chi connectivity index (χ3n) is 2.40. The van der Waals surface area contributed by atoms with Gasteiger partial charge in [-0.1, -0.05) is 6.92 Å². The van der Waals surface area contributed by atoms with Crippen LogP contribution in [0.15, 0.2) is 28.3 Å². The molecule has 0 saturated carbocycles. The van der Waals surface area contributed by atoms with E-state index in [1.807, 2.05) is 6.92 Å². The van der Waals surface area contributed by atoms with Crippen molar-refractivity contribution in [2.75, 3.05) is 0 Å². The number of aromatic nitrogens is 3. The van der Waals surface area contributed by atoms with Crippen LogP contribution in [-0.4, -0.2) is 25.0 Å². The number of rotatable bonds is 5. The van der Waals surface area contributed by atoms with Crippen LogP contribution in [0.3, 0.4) is 0 Å². The Labute approximate surface area is 116 Å². The van der Waals surface area contributed by atoms with E-state index >= 15 is 0 Å². The van der Waals surface area contributed by atoms with Crippen LogP contribution >= 0.6 is 11.8 Å². The lowest BCUT2D eigenvalue weighted by atomic mass is 10.3. The van der Waals surface area contributed by atoms with E-state index in [2.05, 4.69) is 15.2 Å². The molecule has 0 aliphatic rings. The quantitative estimate of drug-likeness (QED) is 0.662. The number of nitrogens with zero attached hydrogens (tertiary/aromatic N) is 4. The first-order valence-corrected chi connectivity index (χ1v) is 6.35. The third kappa shape index (κ3) is 2.91. The van der Waals surface area contributed by atoms with Crippen LogP contribution in [-0.2, 0) is 6.42 Å². The summed E-state index contributed by atoms with van der Waals surface area (Å²) in [7, 11) is 0. The standard InChI is InChI=1S/C10H9N5O4S/c1-2-9-11-10(13-12-9)20-8-4-3-6(14(16)17)5-7(8)15(18)19/h3-5H,2H2,1H3,(H,11,12,13). The molecule has 104 valence electrons. The highest BCUT2D eigenvalue weighted by atomic mass is 32.2. The first kappa shape index (κ1) is 13.9. The van der Waals surface area contributed by atoms with Crippen molar-refractivity contribution in [1.82, 2.24) is 15.2 Å². The molecule has 1 N–H and O–H groups in total. The Bertz CT molecular complexity index is 671. The van der Waals surface area contributed by atoms with Gasteiger partial charge in [-0.05, 0) is 17.8 Å². The molecule has 0 bridgehead atoms. The summed E-state index contributed by atoms with van der Waals surface area (Å²) in [6.45, 7) is 1.89. The van der Waals surface area contributed by atoms with Gasteiger partial charge in [-0.25, -0.2) is 4.98 Å². The predicted molar refractivity (Wildman–Crippen MR) is 69.6 cm³/mol. The molecule has 1 aromatic carbocycles. The maximum absolute atomic E-state index is 11.0. The molecule has 9 nitrogen and oxygen atoms in total. The predicted octanol–water partition coefficient (Wildman–Crippen LogP) is 2.33. The molecule has 0 spiro atoms. The second-order valence-corrected chi connectivity index (χ2v) is 4.70. The Kier molecular flexibility index (Phi) is 3.94.